The van der Waals surface area contributed by atoms with Gasteiger partial charge in [0.05, 0.1) is 41.8 Å². The Balaban J connectivity index is 1.24. The number of carboxylic acid groups (broad SMARTS) is 1. The molecule has 12 heteroatoms. The predicted octanol–water partition coefficient (Wildman–Crippen LogP) is 2.88. The number of rotatable bonds is 10. The summed E-state index contributed by atoms with van der Waals surface area (Å²) in [7, 11) is 1.81. The highest BCUT2D eigenvalue weighted by Gasteiger charge is 2.28. The molecule has 3 heterocycles. The smallest absolute Gasteiger partial charge is 0.306 e. The van der Waals surface area contributed by atoms with Crippen molar-refractivity contribution in [2.75, 3.05) is 5.32 Å². The first kappa shape index (κ1) is 23.2. The molecule has 0 aliphatic heterocycles. The van der Waals surface area contributed by atoms with Crippen LogP contribution in [0.2, 0.25) is 0 Å². The lowest BCUT2D eigenvalue weighted by Gasteiger charge is -2.27. The zero-order chi connectivity index (χ0) is 24.4. The summed E-state index contributed by atoms with van der Waals surface area (Å²) in [6.45, 7) is 2.56. The minimum Gasteiger partial charge on any atom is -0.489 e. The molecule has 2 aliphatic rings. The van der Waals surface area contributed by atoms with Gasteiger partial charge in [-0.1, -0.05) is 5.21 Å². The Morgan fingerprint density at radius 3 is 2.86 bits per heavy atom. The number of ether oxygens (including phenoxy) is 2. The minimum absolute atomic E-state index is 0.123. The molecule has 2 atom stereocenters. The van der Waals surface area contributed by atoms with E-state index in [0.29, 0.717) is 66.8 Å². The highest BCUT2D eigenvalue weighted by molar-refractivity contribution is 5.70. The third kappa shape index (κ3) is 5.59. The van der Waals surface area contributed by atoms with Gasteiger partial charge < -0.3 is 24.4 Å². The van der Waals surface area contributed by atoms with Gasteiger partial charge in [-0.2, -0.15) is 4.98 Å². The first-order chi connectivity index (χ1) is 17.0. The molecule has 2 fully saturated rings. The molecule has 3 aromatic rings. The van der Waals surface area contributed by atoms with Crippen LogP contribution in [0.4, 0.5) is 5.95 Å². The summed E-state index contributed by atoms with van der Waals surface area (Å²) in [4.78, 5) is 20.3. The van der Waals surface area contributed by atoms with E-state index in [4.69, 9.17) is 19.0 Å². The monoisotopic (exact) mass is 483 g/mol. The van der Waals surface area contributed by atoms with E-state index in [2.05, 4.69) is 25.8 Å². The lowest BCUT2D eigenvalue weighted by Crippen LogP contribution is -2.29. The number of nitrogens with zero attached hydrogens (tertiary/aromatic N) is 6. The van der Waals surface area contributed by atoms with Gasteiger partial charge in [0.25, 0.3) is 11.8 Å². The summed E-state index contributed by atoms with van der Waals surface area (Å²) in [6, 6.07) is 3.70. The third-order valence-corrected chi connectivity index (χ3v) is 6.34. The fourth-order valence-corrected chi connectivity index (χ4v) is 4.21. The lowest BCUT2D eigenvalue weighted by molar-refractivity contribution is -0.143. The highest BCUT2D eigenvalue weighted by Crippen LogP contribution is 2.30. The van der Waals surface area contributed by atoms with Gasteiger partial charge in [0.1, 0.15) is 18.1 Å². The number of aliphatic carboxylic acids is 1. The molecule has 12 nitrogen and oxygen atoms in total. The number of nitrogens with one attached hydrogen (secondary N) is 1. The normalized spacial score (nSPS) is 20.1. The molecule has 186 valence electrons. The number of aryl methyl sites for hydroxylation is 2. The van der Waals surface area contributed by atoms with Crippen molar-refractivity contribution >= 4 is 11.9 Å². The second kappa shape index (κ2) is 9.98. The van der Waals surface area contributed by atoms with Crippen LogP contribution in [0.25, 0.3) is 11.4 Å². The van der Waals surface area contributed by atoms with Crippen LogP contribution in [0.1, 0.15) is 55.8 Å². The van der Waals surface area contributed by atoms with E-state index in [0.717, 1.165) is 31.4 Å². The van der Waals surface area contributed by atoms with E-state index in [-0.39, 0.29) is 12.0 Å². The SMILES string of the molecule is Cc1nc(-c2nnn(C)c2CNc2noc(COC3CC3)n2)ccc1OC1CCC[C@H](C(=O)O)C1. The van der Waals surface area contributed by atoms with E-state index in [1.807, 2.05) is 26.1 Å². The van der Waals surface area contributed by atoms with Gasteiger partial charge in [0, 0.05) is 7.05 Å². The Kier molecular flexibility index (Phi) is 6.62. The van der Waals surface area contributed by atoms with Crippen molar-refractivity contribution in [3.63, 3.8) is 0 Å². The molecule has 0 saturated heterocycles. The van der Waals surface area contributed by atoms with E-state index >= 15 is 0 Å². The average molecular weight is 484 g/mol. The molecule has 2 aliphatic carbocycles. The summed E-state index contributed by atoms with van der Waals surface area (Å²) < 4.78 is 18.6. The Bertz CT molecular complexity index is 1190. The standard InChI is InChI=1S/C23H29N7O5/c1-13-19(34-16-5-3-4-14(10-16)22(31)32)9-8-17(25-13)21-18(30(2)29-27-21)11-24-23-26-20(35-28-23)12-33-15-6-7-15/h8-9,14-16H,3-7,10-12H2,1-2H3,(H,24,28)(H,31,32)/t14-,16?/m0/s1. The molecule has 2 N–H and O–H groups in total. The maximum Gasteiger partial charge on any atom is 0.306 e. The van der Waals surface area contributed by atoms with Gasteiger partial charge in [-0.05, 0) is 62.7 Å². The van der Waals surface area contributed by atoms with Crippen LogP contribution in [0, 0.1) is 12.8 Å². The Morgan fingerprint density at radius 2 is 2.09 bits per heavy atom. The van der Waals surface area contributed by atoms with Crippen LogP contribution >= 0.6 is 0 Å². The van der Waals surface area contributed by atoms with Crippen molar-refractivity contribution in [2.24, 2.45) is 13.0 Å². The average Bonchev–Trinajstić information content (AvgIpc) is 3.45. The third-order valence-electron chi connectivity index (χ3n) is 6.34. The zero-order valence-corrected chi connectivity index (χ0v) is 19.8. The molecular formula is C23H29N7O5. The first-order valence-corrected chi connectivity index (χ1v) is 11.9. The van der Waals surface area contributed by atoms with E-state index < -0.39 is 5.97 Å². The van der Waals surface area contributed by atoms with E-state index in [9.17, 15) is 9.90 Å². The molecule has 0 amide bonds. The van der Waals surface area contributed by atoms with Crippen molar-refractivity contribution in [1.29, 1.82) is 0 Å². The molecular weight excluding hydrogens is 454 g/mol. The second-order valence-electron chi connectivity index (χ2n) is 9.11. The zero-order valence-electron chi connectivity index (χ0n) is 19.8. The fraction of sp³-hybridized carbons (Fsp3) is 0.565. The summed E-state index contributed by atoms with van der Waals surface area (Å²) in [5.41, 5.74) is 2.82. The van der Waals surface area contributed by atoms with Crippen molar-refractivity contribution in [3.8, 4) is 17.1 Å². The molecule has 5 rings (SSSR count). The van der Waals surface area contributed by atoms with Crippen LogP contribution in [0.15, 0.2) is 16.7 Å². The Labute approximate surface area is 202 Å². The van der Waals surface area contributed by atoms with Crippen LogP contribution < -0.4 is 10.1 Å². The number of hydrogen-bond acceptors (Lipinski definition) is 10. The quantitative estimate of drug-likeness (QED) is 0.438. The van der Waals surface area contributed by atoms with E-state index in [1.165, 1.54) is 0 Å². The second-order valence-corrected chi connectivity index (χ2v) is 9.11. The van der Waals surface area contributed by atoms with Gasteiger partial charge >= 0.3 is 5.97 Å². The maximum atomic E-state index is 11.3. The van der Waals surface area contributed by atoms with E-state index in [1.54, 1.807) is 4.68 Å². The summed E-state index contributed by atoms with van der Waals surface area (Å²) in [6.07, 6.45) is 5.27. The molecule has 3 aromatic heterocycles. The van der Waals surface area contributed by atoms with Gasteiger partial charge in [-0.25, -0.2) is 9.67 Å². The van der Waals surface area contributed by atoms with Gasteiger partial charge in [0.15, 0.2) is 0 Å². The fourth-order valence-electron chi connectivity index (χ4n) is 4.21. The molecule has 0 bridgehead atoms. The van der Waals surface area contributed by atoms with Crippen LogP contribution in [-0.2, 0) is 29.7 Å². The number of carboxylic acids is 1. The van der Waals surface area contributed by atoms with Crippen LogP contribution in [-0.4, -0.2) is 53.4 Å². The van der Waals surface area contributed by atoms with Crippen molar-refractivity contribution in [1.82, 2.24) is 30.1 Å². The number of carbonyl (C=O) groups is 1. The van der Waals surface area contributed by atoms with Crippen LogP contribution in [0.3, 0.4) is 0 Å². The summed E-state index contributed by atoms with van der Waals surface area (Å²) in [5, 5.41) is 24.9. The van der Waals surface area contributed by atoms with Crippen molar-refractivity contribution < 1.29 is 23.9 Å². The highest BCUT2D eigenvalue weighted by atomic mass is 16.5. The number of anilines is 1. The Morgan fingerprint density at radius 1 is 1.23 bits per heavy atom. The Hall–Kier alpha value is -3.54. The number of aromatic nitrogens is 6. The topological polar surface area (TPSA) is 150 Å². The van der Waals surface area contributed by atoms with Crippen LogP contribution in [0.5, 0.6) is 5.75 Å². The molecule has 0 aromatic carbocycles. The van der Waals surface area contributed by atoms with Gasteiger partial charge in [-0.15, -0.1) is 5.10 Å². The molecule has 0 spiro atoms. The van der Waals surface area contributed by atoms with Gasteiger partial charge in [-0.3, -0.25) is 4.79 Å². The minimum atomic E-state index is -0.754. The number of pyridine rings is 1. The maximum absolute atomic E-state index is 11.3. The molecule has 2 saturated carbocycles. The predicted molar refractivity (Wildman–Crippen MR) is 122 cm³/mol. The van der Waals surface area contributed by atoms with Crippen molar-refractivity contribution in [3.05, 3.63) is 29.4 Å². The number of hydrogen-bond donors (Lipinski definition) is 2. The lowest BCUT2D eigenvalue weighted by atomic mass is 9.87. The molecule has 0 radical (unpaired) electrons. The first-order valence-electron chi connectivity index (χ1n) is 11.9. The summed E-state index contributed by atoms with van der Waals surface area (Å²) >= 11 is 0. The summed E-state index contributed by atoms with van der Waals surface area (Å²) in [5.74, 6) is 0.351. The van der Waals surface area contributed by atoms with Gasteiger partial charge in [0.2, 0.25) is 0 Å². The largest absolute Gasteiger partial charge is 0.489 e. The molecule has 35 heavy (non-hydrogen) atoms. The molecule has 1 unspecified atom stereocenters. The van der Waals surface area contributed by atoms with Crippen molar-refractivity contribution in [2.45, 2.75) is 70.8 Å².